The first-order valence-corrected chi connectivity index (χ1v) is 18.0. The Morgan fingerprint density at radius 2 is 1.64 bits per heavy atom. The van der Waals surface area contributed by atoms with Gasteiger partial charge in [-0.1, -0.05) is 63.5 Å². The zero-order chi connectivity index (χ0) is 32.0. The quantitative estimate of drug-likeness (QED) is 0.111. The van der Waals surface area contributed by atoms with Crippen molar-refractivity contribution < 1.29 is 37.1 Å². The van der Waals surface area contributed by atoms with Gasteiger partial charge in [0.2, 0.25) is 5.82 Å². The van der Waals surface area contributed by atoms with Crippen molar-refractivity contribution in [3.05, 3.63) is 68.5 Å². The number of ether oxygens (including phenoxy) is 1. The van der Waals surface area contributed by atoms with E-state index in [4.69, 9.17) is 13.8 Å². The number of aromatic amines is 1. The fourth-order valence-electron chi connectivity index (χ4n) is 5.16. The number of unbranched alkanes of at least 4 members (excludes halogenated alkanes) is 9. The van der Waals surface area contributed by atoms with Crippen LogP contribution in [0.3, 0.4) is 0 Å². The van der Waals surface area contributed by atoms with Crippen LogP contribution in [0.25, 0.3) is 0 Å². The number of aromatic nitrogens is 2. The first-order valence-electron chi connectivity index (χ1n) is 15.4. The van der Waals surface area contributed by atoms with Gasteiger partial charge in [0.25, 0.3) is 5.56 Å². The maximum Gasteiger partial charge on any atom is 0.472 e. The van der Waals surface area contributed by atoms with Gasteiger partial charge < -0.3 is 14.7 Å². The Morgan fingerprint density at radius 3 is 2.30 bits per heavy atom. The number of nitrogens with one attached hydrogen (secondary N) is 1. The second-order valence-corrected chi connectivity index (χ2v) is 13.8. The van der Waals surface area contributed by atoms with Crippen molar-refractivity contribution >= 4 is 19.6 Å². The SMILES string of the molecule is C[C@@H](OP(=O)(O)OCCSCCCCCCCCCCCCc1ccc(F)cc1)[C@H]1O[C@@H](n2cc(F)c(=O)[nH]c2=O)C[C@@H]1O. The predicted octanol–water partition coefficient (Wildman–Crippen LogP) is 5.86. The highest BCUT2D eigenvalue weighted by atomic mass is 32.2. The van der Waals surface area contributed by atoms with Gasteiger partial charge in [0, 0.05) is 12.2 Å². The molecule has 0 aliphatic carbocycles. The number of nitrogens with zero attached hydrogens (tertiary/aromatic N) is 1. The van der Waals surface area contributed by atoms with E-state index in [2.05, 4.69) is 0 Å². The monoisotopic (exact) mass is 662 g/mol. The predicted molar refractivity (Wildman–Crippen MR) is 166 cm³/mol. The van der Waals surface area contributed by atoms with Gasteiger partial charge in [-0.3, -0.25) is 23.4 Å². The number of halogens is 2. The Balaban J connectivity index is 1.16. The number of thioether (sulfide) groups is 1. The van der Waals surface area contributed by atoms with Crippen LogP contribution in [0.5, 0.6) is 0 Å². The summed E-state index contributed by atoms with van der Waals surface area (Å²) in [5.41, 5.74) is -0.877. The van der Waals surface area contributed by atoms with E-state index < -0.39 is 49.4 Å². The standard InChI is InChI=1S/C30H45F2N2O8PS/c1-22(28-26(35)20-27(41-28)34-21-25(32)29(36)33-30(34)37)42-43(38,39)40-17-19-44-18-11-9-7-5-3-2-4-6-8-10-12-23-13-15-24(31)16-14-23/h13-16,21-22,26-28,35H,2-12,17-20H2,1H3,(H,38,39)(H,33,36,37)/t22-,26+,27-,28-/m1/s1. The first-order chi connectivity index (χ1) is 21.1. The van der Waals surface area contributed by atoms with Gasteiger partial charge in [0.05, 0.1) is 25.0 Å². The molecule has 0 saturated carbocycles. The van der Waals surface area contributed by atoms with Crippen LogP contribution in [0.15, 0.2) is 40.1 Å². The van der Waals surface area contributed by atoms with Crippen LogP contribution in [0, 0.1) is 11.6 Å². The summed E-state index contributed by atoms with van der Waals surface area (Å²) in [7, 11) is -4.44. The number of hydrogen-bond donors (Lipinski definition) is 3. The molecule has 3 rings (SSSR count). The highest BCUT2D eigenvalue weighted by Gasteiger charge is 2.42. The summed E-state index contributed by atoms with van der Waals surface area (Å²) in [6, 6.07) is 6.76. The van der Waals surface area contributed by atoms with E-state index >= 15 is 0 Å². The molecular weight excluding hydrogens is 617 g/mol. The Morgan fingerprint density at radius 1 is 1.02 bits per heavy atom. The molecule has 0 spiro atoms. The molecule has 1 aliphatic rings. The molecule has 2 aromatic rings. The van der Waals surface area contributed by atoms with E-state index in [1.165, 1.54) is 69.6 Å². The van der Waals surface area contributed by atoms with Crippen molar-refractivity contribution in [2.75, 3.05) is 18.1 Å². The third-order valence-corrected chi connectivity index (χ3v) is 9.67. The zero-order valence-corrected chi connectivity index (χ0v) is 26.9. The minimum atomic E-state index is -4.44. The smallest absolute Gasteiger partial charge is 0.390 e. The summed E-state index contributed by atoms with van der Waals surface area (Å²) in [6.07, 6.45) is 9.15. The largest absolute Gasteiger partial charge is 0.472 e. The normalized spacial score (nSPS) is 20.5. The molecule has 1 fully saturated rings. The Labute approximate surface area is 261 Å². The molecule has 10 nitrogen and oxygen atoms in total. The van der Waals surface area contributed by atoms with Crippen molar-refractivity contribution in [2.45, 2.75) is 109 Å². The van der Waals surface area contributed by atoms with Crippen molar-refractivity contribution in [3.8, 4) is 0 Å². The number of rotatable bonds is 21. The lowest BCUT2D eigenvalue weighted by molar-refractivity contribution is -0.0765. The van der Waals surface area contributed by atoms with Crippen LogP contribution in [-0.4, -0.2) is 56.0 Å². The number of aryl methyl sites for hydroxylation is 1. The molecule has 1 unspecified atom stereocenters. The number of hydrogen-bond acceptors (Lipinski definition) is 8. The molecule has 0 bridgehead atoms. The zero-order valence-electron chi connectivity index (χ0n) is 25.2. The highest BCUT2D eigenvalue weighted by molar-refractivity contribution is 7.99. The summed E-state index contributed by atoms with van der Waals surface area (Å²) >= 11 is 1.63. The lowest BCUT2D eigenvalue weighted by Gasteiger charge is -2.24. The van der Waals surface area contributed by atoms with Gasteiger partial charge in [-0.05, 0) is 49.6 Å². The average molecular weight is 663 g/mol. The topological polar surface area (TPSA) is 140 Å². The van der Waals surface area contributed by atoms with Crippen molar-refractivity contribution in [2.24, 2.45) is 0 Å². The molecule has 1 aromatic carbocycles. The minimum absolute atomic E-state index is 0.0117. The molecule has 14 heteroatoms. The maximum atomic E-state index is 13.6. The van der Waals surface area contributed by atoms with Crippen LogP contribution < -0.4 is 11.2 Å². The number of phosphoric ester groups is 1. The molecular formula is C30H45F2N2O8PS. The van der Waals surface area contributed by atoms with Gasteiger partial charge in [0.15, 0.2) is 0 Å². The molecule has 1 aromatic heterocycles. The second-order valence-electron chi connectivity index (χ2n) is 11.1. The Bertz CT molecular complexity index is 1300. The van der Waals surface area contributed by atoms with Crippen LogP contribution in [0.1, 0.15) is 89.3 Å². The van der Waals surface area contributed by atoms with Crippen molar-refractivity contribution in [1.29, 1.82) is 0 Å². The second kappa shape index (κ2) is 19.0. The van der Waals surface area contributed by atoms with E-state index in [1.807, 2.05) is 17.1 Å². The fourth-order valence-corrected chi connectivity index (χ4v) is 7.02. The Hall–Kier alpha value is -1.86. The number of H-pyrrole nitrogens is 1. The molecule has 0 radical (unpaired) electrons. The lowest BCUT2D eigenvalue weighted by atomic mass is 10.0. The van der Waals surface area contributed by atoms with Crippen LogP contribution in [0.4, 0.5) is 8.78 Å². The third kappa shape index (κ3) is 12.9. The fraction of sp³-hybridized carbons (Fsp3) is 0.667. The number of benzene rings is 1. The summed E-state index contributed by atoms with van der Waals surface area (Å²) in [4.78, 5) is 35.1. The lowest BCUT2D eigenvalue weighted by Crippen LogP contribution is -2.35. The maximum absolute atomic E-state index is 13.6. The average Bonchev–Trinajstić information content (AvgIpc) is 3.36. The molecule has 0 amide bonds. The molecule has 3 N–H and O–H groups in total. The van der Waals surface area contributed by atoms with E-state index in [1.54, 1.807) is 11.8 Å². The third-order valence-electron chi connectivity index (χ3n) is 7.53. The molecule has 44 heavy (non-hydrogen) atoms. The summed E-state index contributed by atoms with van der Waals surface area (Å²) < 4.78 is 55.6. The van der Waals surface area contributed by atoms with E-state index in [0.29, 0.717) is 11.9 Å². The van der Waals surface area contributed by atoms with Gasteiger partial charge in [-0.25, -0.2) is 13.8 Å². The summed E-state index contributed by atoms with van der Waals surface area (Å²) in [5.74, 6) is 0.0827. The van der Waals surface area contributed by atoms with Gasteiger partial charge in [0.1, 0.15) is 18.1 Å². The van der Waals surface area contributed by atoms with Gasteiger partial charge >= 0.3 is 13.5 Å². The van der Waals surface area contributed by atoms with Gasteiger partial charge in [-0.2, -0.15) is 16.2 Å². The van der Waals surface area contributed by atoms with Gasteiger partial charge in [-0.15, -0.1) is 0 Å². The van der Waals surface area contributed by atoms with E-state index in [9.17, 15) is 32.9 Å². The van der Waals surface area contributed by atoms with Crippen LogP contribution in [-0.2, 0) is 24.8 Å². The minimum Gasteiger partial charge on any atom is -0.390 e. The Kier molecular flexibility index (Phi) is 15.8. The first kappa shape index (κ1) is 36.6. The molecule has 2 heterocycles. The number of phosphoric acid groups is 1. The highest BCUT2D eigenvalue weighted by Crippen LogP contribution is 2.46. The van der Waals surface area contributed by atoms with Crippen LogP contribution >= 0.6 is 19.6 Å². The molecule has 1 saturated heterocycles. The van der Waals surface area contributed by atoms with E-state index in [-0.39, 0.29) is 18.8 Å². The van der Waals surface area contributed by atoms with Crippen molar-refractivity contribution in [1.82, 2.24) is 9.55 Å². The molecule has 248 valence electrons. The summed E-state index contributed by atoms with van der Waals surface area (Å²) in [6.45, 7) is 1.43. The number of aliphatic hydroxyl groups is 1. The summed E-state index contributed by atoms with van der Waals surface area (Å²) in [5, 5.41) is 10.3. The van der Waals surface area contributed by atoms with Crippen LogP contribution in [0.2, 0.25) is 0 Å². The molecule has 5 atom stereocenters. The number of aliphatic hydroxyl groups excluding tert-OH is 1. The molecule has 1 aliphatic heterocycles. The van der Waals surface area contributed by atoms with E-state index in [0.717, 1.165) is 36.0 Å². The van der Waals surface area contributed by atoms with Crippen molar-refractivity contribution in [3.63, 3.8) is 0 Å².